The van der Waals surface area contributed by atoms with Gasteiger partial charge in [-0.1, -0.05) is 30.3 Å². The molecule has 146 valence electrons. The lowest BCUT2D eigenvalue weighted by atomic mass is 10.1. The summed E-state index contributed by atoms with van der Waals surface area (Å²) >= 11 is 0. The molecule has 1 aromatic heterocycles. The number of rotatable bonds is 5. The Labute approximate surface area is 160 Å². The van der Waals surface area contributed by atoms with E-state index < -0.39 is 11.7 Å². The van der Waals surface area contributed by atoms with Crippen LogP contribution in [0.4, 0.5) is 13.2 Å². The molecule has 28 heavy (non-hydrogen) atoms. The lowest BCUT2D eigenvalue weighted by molar-refractivity contribution is -0.137. The normalized spacial score (nSPS) is 12.1. The van der Waals surface area contributed by atoms with Crippen LogP contribution in [0.25, 0.3) is 5.69 Å². The van der Waals surface area contributed by atoms with Crippen molar-refractivity contribution in [2.45, 2.75) is 19.3 Å². The van der Waals surface area contributed by atoms with E-state index in [1.165, 1.54) is 12.1 Å². The largest absolute Gasteiger partial charge is 0.416 e. The Morgan fingerprint density at radius 2 is 1.61 bits per heavy atom. The smallest absolute Gasteiger partial charge is 0.352 e. The highest BCUT2D eigenvalue weighted by atomic mass is 19.4. The maximum Gasteiger partial charge on any atom is 0.416 e. The van der Waals surface area contributed by atoms with Crippen LogP contribution < -0.4 is 10.6 Å². The van der Waals surface area contributed by atoms with E-state index in [1.54, 1.807) is 17.9 Å². The maximum absolute atomic E-state index is 12.6. The highest BCUT2D eigenvalue weighted by molar-refractivity contribution is 5.79. The van der Waals surface area contributed by atoms with Crippen molar-refractivity contribution in [3.05, 3.63) is 83.7 Å². The van der Waals surface area contributed by atoms with Crippen LogP contribution in [-0.2, 0) is 19.3 Å². The second kappa shape index (κ2) is 8.60. The summed E-state index contributed by atoms with van der Waals surface area (Å²) in [7, 11) is 1.63. The van der Waals surface area contributed by atoms with Crippen molar-refractivity contribution in [2.75, 3.05) is 7.05 Å². The lowest BCUT2D eigenvalue weighted by Crippen LogP contribution is -2.36. The van der Waals surface area contributed by atoms with Gasteiger partial charge in [-0.2, -0.15) is 18.3 Å². The van der Waals surface area contributed by atoms with Gasteiger partial charge in [0.1, 0.15) is 0 Å². The van der Waals surface area contributed by atoms with Crippen LogP contribution in [0.5, 0.6) is 0 Å². The predicted molar refractivity (Wildman–Crippen MR) is 102 cm³/mol. The van der Waals surface area contributed by atoms with E-state index in [0.29, 0.717) is 19.0 Å². The number of aliphatic imine (C=N–C) groups is 1. The number of alkyl halides is 3. The SMILES string of the molecule is CN=C(NCc1ccc(C(F)(F)F)cc1)NCc1cnn(-c2ccccc2)c1. The quantitative estimate of drug-likeness (QED) is 0.518. The molecule has 0 aliphatic rings. The molecule has 3 rings (SSSR count). The van der Waals surface area contributed by atoms with Gasteiger partial charge >= 0.3 is 6.18 Å². The van der Waals surface area contributed by atoms with E-state index in [2.05, 4.69) is 20.7 Å². The monoisotopic (exact) mass is 387 g/mol. The van der Waals surface area contributed by atoms with Crippen LogP contribution in [0.1, 0.15) is 16.7 Å². The zero-order valence-corrected chi connectivity index (χ0v) is 15.2. The Morgan fingerprint density at radius 1 is 0.964 bits per heavy atom. The zero-order chi connectivity index (χ0) is 20.0. The fourth-order valence-corrected chi connectivity index (χ4v) is 2.58. The maximum atomic E-state index is 12.6. The van der Waals surface area contributed by atoms with Crippen molar-refractivity contribution >= 4 is 5.96 Å². The van der Waals surface area contributed by atoms with Gasteiger partial charge < -0.3 is 10.6 Å². The number of benzene rings is 2. The molecule has 2 aromatic carbocycles. The minimum atomic E-state index is -4.33. The summed E-state index contributed by atoms with van der Waals surface area (Å²) in [6.45, 7) is 0.876. The van der Waals surface area contributed by atoms with Crippen LogP contribution >= 0.6 is 0 Å². The van der Waals surface area contributed by atoms with Crippen molar-refractivity contribution in [3.63, 3.8) is 0 Å². The molecule has 5 nitrogen and oxygen atoms in total. The molecule has 0 saturated heterocycles. The fourth-order valence-electron chi connectivity index (χ4n) is 2.58. The van der Waals surface area contributed by atoms with Gasteiger partial charge in [-0.05, 0) is 29.8 Å². The van der Waals surface area contributed by atoms with Gasteiger partial charge in [-0.3, -0.25) is 4.99 Å². The summed E-state index contributed by atoms with van der Waals surface area (Å²) in [5.41, 5.74) is 2.02. The number of aromatic nitrogens is 2. The van der Waals surface area contributed by atoms with Gasteiger partial charge in [0.15, 0.2) is 5.96 Å². The highest BCUT2D eigenvalue weighted by Gasteiger charge is 2.29. The van der Waals surface area contributed by atoms with E-state index in [4.69, 9.17) is 0 Å². The second-order valence-electron chi connectivity index (χ2n) is 6.10. The first-order valence-electron chi connectivity index (χ1n) is 8.65. The van der Waals surface area contributed by atoms with E-state index in [0.717, 1.165) is 28.9 Å². The van der Waals surface area contributed by atoms with E-state index in [9.17, 15) is 13.2 Å². The standard InChI is InChI=1S/C20H20F3N5/c1-24-19(25-11-15-7-9-17(10-8-15)20(21,22)23)26-12-16-13-27-28(14-16)18-5-3-2-4-6-18/h2-10,13-14H,11-12H2,1H3,(H2,24,25,26). The van der Waals surface area contributed by atoms with Crippen LogP contribution in [0.3, 0.4) is 0 Å². The third-order valence-electron chi connectivity index (χ3n) is 4.08. The van der Waals surface area contributed by atoms with Gasteiger partial charge in [-0.15, -0.1) is 0 Å². The third-order valence-corrected chi connectivity index (χ3v) is 4.08. The number of guanidine groups is 1. The summed E-state index contributed by atoms with van der Waals surface area (Å²) in [6, 6.07) is 14.8. The molecular formula is C20H20F3N5. The van der Waals surface area contributed by atoms with Crippen molar-refractivity contribution in [2.24, 2.45) is 4.99 Å². The molecule has 0 saturated carbocycles. The lowest BCUT2D eigenvalue weighted by Gasteiger charge is -2.12. The first kappa shape index (κ1) is 19.5. The summed E-state index contributed by atoms with van der Waals surface area (Å²) in [5, 5.41) is 10.6. The number of halogens is 3. The van der Waals surface area contributed by atoms with Crippen molar-refractivity contribution < 1.29 is 13.2 Å². The molecule has 0 bridgehead atoms. The molecule has 0 atom stereocenters. The van der Waals surface area contributed by atoms with Crippen molar-refractivity contribution in [1.29, 1.82) is 0 Å². The third kappa shape index (κ3) is 5.12. The summed E-state index contributed by atoms with van der Waals surface area (Å²) in [4.78, 5) is 4.13. The molecule has 1 heterocycles. The summed E-state index contributed by atoms with van der Waals surface area (Å²) in [6.07, 6.45) is -0.637. The van der Waals surface area contributed by atoms with E-state index in [1.807, 2.05) is 36.5 Å². The van der Waals surface area contributed by atoms with E-state index >= 15 is 0 Å². The summed E-state index contributed by atoms with van der Waals surface area (Å²) in [5.74, 6) is 0.548. The Morgan fingerprint density at radius 3 is 2.21 bits per heavy atom. The minimum Gasteiger partial charge on any atom is -0.352 e. The number of nitrogens with one attached hydrogen (secondary N) is 2. The van der Waals surface area contributed by atoms with Gasteiger partial charge in [0.25, 0.3) is 0 Å². The van der Waals surface area contributed by atoms with Crippen molar-refractivity contribution in [1.82, 2.24) is 20.4 Å². The van der Waals surface area contributed by atoms with Gasteiger partial charge in [-0.25, -0.2) is 4.68 Å². The first-order valence-corrected chi connectivity index (χ1v) is 8.65. The van der Waals surface area contributed by atoms with Gasteiger partial charge in [0.2, 0.25) is 0 Å². The molecule has 0 unspecified atom stereocenters. The molecule has 0 amide bonds. The molecule has 8 heteroatoms. The average Bonchev–Trinajstić information content (AvgIpc) is 3.17. The number of hydrogen-bond donors (Lipinski definition) is 2. The Hall–Kier alpha value is -3.29. The summed E-state index contributed by atoms with van der Waals surface area (Å²) < 4.78 is 39.6. The first-order chi connectivity index (χ1) is 13.5. The Balaban J connectivity index is 1.52. The molecular weight excluding hydrogens is 367 g/mol. The van der Waals surface area contributed by atoms with Gasteiger partial charge in [0.05, 0.1) is 17.4 Å². The van der Waals surface area contributed by atoms with Crippen LogP contribution in [0.15, 0.2) is 72.0 Å². The number of hydrogen-bond acceptors (Lipinski definition) is 2. The van der Waals surface area contributed by atoms with Crippen molar-refractivity contribution in [3.8, 4) is 5.69 Å². The second-order valence-corrected chi connectivity index (χ2v) is 6.10. The average molecular weight is 387 g/mol. The topological polar surface area (TPSA) is 54.2 Å². The molecule has 3 aromatic rings. The van der Waals surface area contributed by atoms with Gasteiger partial charge in [0, 0.05) is 31.9 Å². The molecule has 0 spiro atoms. The fraction of sp³-hybridized carbons (Fsp3) is 0.200. The molecule has 0 aliphatic carbocycles. The van der Waals surface area contributed by atoms with E-state index in [-0.39, 0.29) is 0 Å². The molecule has 0 radical (unpaired) electrons. The number of para-hydroxylation sites is 1. The molecule has 2 N–H and O–H groups in total. The number of nitrogens with zero attached hydrogens (tertiary/aromatic N) is 3. The molecule has 0 fully saturated rings. The van der Waals surface area contributed by atoms with Crippen LogP contribution in [0.2, 0.25) is 0 Å². The van der Waals surface area contributed by atoms with Crippen LogP contribution in [0, 0.1) is 0 Å². The molecule has 0 aliphatic heterocycles. The predicted octanol–water partition coefficient (Wildman–Crippen LogP) is 3.76. The van der Waals surface area contributed by atoms with Crippen LogP contribution in [-0.4, -0.2) is 22.8 Å². The Bertz CT molecular complexity index is 915. The Kier molecular flexibility index (Phi) is 5.98. The minimum absolute atomic E-state index is 0.362. The highest BCUT2D eigenvalue weighted by Crippen LogP contribution is 2.29. The zero-order valence-electron chi connectivity index (χ0n) is 15.2.